The van der Waals surface area contributed by atoms with Crippen LogP contribution in [0.4, 0.5) is 0 Å². The van der Waals surface area contributed by atoms with E-state index in [-0.39, 0.29) is 0 Å². The number of hydrogen-bond donors (Lipinski definition) is 1. The van der Waals surface area contributed by atoms with Gasteiger partial charge in [0, 0.05) is 11.4 Å². The predicted octanol–water partition coefficient (Wildman–Crippen LogP) is 2.87. The molecule has 1 aromatic heterocycles. The molecule has 2 rings (SSSR count). The summed E-state index contributed by atoms with van der Waals surface area (Å²) in [5.41, 5.74) is 4.12. The first kappa shape index (κ1) is 13.1. The summed E-state index contributed by atoms with van der Waals surface area (Å²) in [4.78, 5) is 4.18. The van der Waals surface area contributed by atoms with Gasteiger partial charge in [0.2, 0.25) is 0 Å². The number of aromatic nitrogens is 1. The minimum absolute atomic E-state index is 0.492. The summed E-state index contributed by atoms with van der Waals surface area (Å²) in [5, 5.41) is 5.24. The van der Waals surface area contributed by atoms with Gasteiger partial charge in [-0.1, -0.05) is 12.1 Å². The fourth-order valence-corrected chi connectivity index (χ4v) is 2.19. The van der Waals surface area contributed by atoms with Gasteiger partial charge in [0.05, 0.1) is 11.2 Å². The van der Waals surface area contributed by atoms with E-state index in [4.69, 9.17) is 4.74 Å². The van der Waals surface area contributed by atoms with Crippen LogP contribution in [-0.4, -0.2) is 18.1 Å². The second kappa shape index (κ2) is 6.52. The van der Waals surface area contributed by atoms with Crippen molar-refractivity contribution in [1.82, 2.24) is 10.3 Å². The Morgan fingerprint density at radius 3 is 2.72 bits per heavy atom. The Morgan fingerprint density at radius 2 is 2.11 bits per heavy atom. The minimum Gasteiger partial charge on any atom is -0.487 e. The normalized spacial score (nSPS) is 12.3. The summed E-state index contributed by atoms with van der Waals surface area (Å²) < 4.78 is 5.67. The molecular weight excluding hydrogens is 244 g/mol. The van der Waals surface area contributed by atoms with Gasteiger partial charge in [-0.05, 0) is 38.1 Å². The Kier molecular flexibility index (Phi) is 4.73. The van der Waals surface area contributed by atoms with Crippen LogP contribution in [0.25, 0.3) is 0 Å². The third-order valence-corrected chi connectivity index (χ3v) is 3.46. The van der Waals surface area contributed by atoms with Crippen LogP contribution in [-0.2, 0) is 13.0 Å². The molecule has 0 saturated heterocycles. The Hall–Kier alpha value is -1.39. The molecule has 0 aliphatic carbocycles. The molecule has 0 saturated carbocycles. The molecular formula is C14H18N2OS. The number of hydrogen-bond acceptors (Lipinski definition) is 4. The summed E-state index contributed by atoms with van der Waals surface area (Å²) in [5.74, 6) is 0.892. The minimum atomic E-state index is 0.492. The van der Waals surface area contributed by atoms with Crippen molar-refractivity contribution in [3.8, 4) is 5.75 Å². The Balaban J connectivity index is 1.87. The Morgan fingerprint density at radius 1 is 1.33 bits per heavy atom. The van der Waals surface area contributed by atoms with Crippen LogP contribution in [0.2, 0.25) is 0 Å². The Bertz CT molecular complexity index is 453. The van der Waals surface area contributed by atoms with E-state index in [9.17, 15) is 0 Å². The summed E-state index contributed by atoms with van der Waals surface area (Å²) in [7, 11) is 1.98. The number of nitrogens with zero attached hydrogens (tertiary/aromatic N) is 1. The van der Waals surface area contributed by atoms with Crippen molar-refractivity contribution in [2.24, 2.45) is 0 Å². The maximum Gasteiger partial charge on any atom is 0.131 e. The monoisotopic (exact) mass is 262 g/mol. The molecule has 0 bridgehead atoms. The molecule has 1 aromatic carbocycles. The second-order valence-corrected chi connectivity index (χ2v) is 5.02. The highest BCUT2D eigenvalue weighted by Crippen LogP contribution is 2.15. The average Bonchev–Trinajstić information content (AvgIpc) is 2.91. The largest absolute Gasteiger partial charge is 0.487 e. The zero-order chi connectivity index (χ0) is 12.8. The first-order valence-corrected chi connectivity index (χ1v) is 6.98. The molecule has 1 unspecified atom stereocenters. The van der Waals surface area contributed by atoms with E-state index in [1.165, 1.54) is 5.56 Å². The van der Waals surface area contributed by atoms with Gasteiger partial charge < -0.3 is 10.1 Å². The second-order valence-electron chi connectivity index (χ2n) is 4.31. The molecule has 3 nitrogen and oxygen atoms in total. The highest BCUT2D eigenvalue weighted by Gasteiger charge is 2.01. The van der Waals surface area contributed by atoms with Gasteiger partial charge >= 0.3 is 0 Å². The molecule has 1 atom stereocenters. The van der Waals surface area contributed by atoms with Gasteiger partial charge in [-0.2, -0.15) is 0 Å². The van der Waals surface area contributed by atoms with E-state index in [1.807, 2.05) is 30.1 Å². The van der Waals surface area contributed by atoms with Crippen LogP contribution in [0.3, 0.4) is 0 Å². The SMILES string of the molecule is CNC(C)Cc1ccc(OCc2cscn2)cc1. The number of ether oxygens (including phenoxy) is 1. The molecule has 0 aliphatic rings. The van der Waals surface area contributed by atoms with Gasteiger partial charge in [-0.3, -0.25) is 0 Å². The van der Waals surface area contributed by atoms with Crippen LogP contribution >= 0.6 is 11.3 Å². The number of rotatable bonds is 6. The number of thiazole rings is 1. The maximum absolute atomic E-state index is 5.67. The zero-order valence-electron chi connectivity index (χ0n) is 10.7. The fraction of sp³-hybridized carbons (Fsp3) is 0.357. The van der Waals surface area contributed by atoms with E-state index in [2.05, 4.69) is 29.4 Å². The highest BCUT2D eigenvalue weighted by atomic mass is 32.1. The Labute approximate surface area is 112 Å². The molecule has 0 aliphatic heterocycles. The molecule has 1 N–H and O–H groups in total. The lowest BCUT2D eigenvalue weighted by Crippen LogP contribution is -2.23. The van der Waals surface area contributed by atoms with Gasteiger partial charge in [0.15, 0.2) is 0 Å². The maximum atomic E-state index is 5.67. The predicted molar refractivity (Wildman–Crippen MR) is 75.1 cm³/mol. The molecule has 0 radical (unpaired) electrons. The van der Waals surface area contributed by atoms with E-state index in [1.54, 1.807) is 11.3 Å². The average molecular weight is 262 g/mol. The number of benzene rings is 1. The van der Waals surface area contributed by atoms with Crippen LogP contribution in [0.15, 0.2) is 35.2 Å². The molecule has 18 heavy (non-hydrogen) atoms. The van der Waals surface area contributed by atoms with Gasteiger partial charge in [0.1, 0.15) is 12.4 Å². The first-order chi connectivity index (χ1) is 8.78. The summed E-state index contributed by atoms with van der Waals surface area (Å²) in [6, 6.07) is 8.76. The zero-order valence-corrected chi connectivity index (χ0v) is 11.5. The van der Waals surface area contributed by atoms with Crippen molar-refractivity contribution >= 4 is 11.3 Å². The molecule has 1 heterocycles. The van der Waals surface area contributed by atoms with Crippen LogP contribution in [0.1, 0.15) is 18.2 Å². The summed E-state index contributed by atoms with van der Waals surface area (Å²) in [6.45, 7) is 2.71. The van der Waals surface area contributed by atoms with E-state index < -0.39 is 0 Å². The first-order valence-electron chi connectivity index (χ1n) is 6.04. The van der Waals surface area contributed by atoms with Crippen molar-refractivity contribution in [3.63, 3.8) is 0 Å². The van der Waals surface area contributed by atoms with Crippen molar-refractivity contribution in [2.45, 2.75) is 26.0 Å². The highest BCUT2D eigenvalue weighted by molar-refractivity contribution is 7.07. The molecule has 4 heteroatoms. The van der Waals surface area contributed by atoms with E-state index in [0.29, 0.717) is 12.6 Å². The molecule has 0 amide bonds. The van der Waals surface area contributed by atoms with E-state index in [0.717, 1.165) is 17.9 Å². The van der Waals surface area contributed by atoms with Gasteiger partial charge in [-0.15, -0.1) is 11.3 Å². The molecule has 96 valence electrons. The van der Waals surface area contributed by atoms with Crippen LogP contribution in [0, 0.1) is 0 Å². The van der Waals surface area contributed by atoms with E-state index >= 15 is 0 Å². The summed E-state index contributed by atoms with van der Waals surface area (Å²) in [6.07, 6.45) is 1.03. The molecule has 0 spiro atoms. The van der Waals surface area contributed by atoms with Crippen molar-refractivity contribution in [3.05, 3.63) is 46.4 Å². The van der Waals surface area contributed by atoms with Crippen molar-refractivity contribution < 1.29 is 4.74 Å². The van der Waals surface area contributed by atoms with Crippen LogP contribution in [0.5, 0.6) is 5.75 Å². The lowest BCUT2D eigenvalue weighted by atomic mass is 10.1. The number of likely N-dealkylation sites (N-methyl/N-ethyl adjacent to an activating group) is 1. The topological polar surface area (TPSA) is 34.1 Å². The molecule has 2 aromatic rings. The number of nitrogens with one attached hydrogen (secondary N) is 1. The quantitative estimate of drug-likeness (QED) is 0.869. The lowest BCUT2D eigenvalue weighted by Gasteiger charge is -2.10. The van der Waals surface area contributed by atoms with Gasteiger partial charge in [0.25, 0.3) is 0 Å². The summed E-state index contributed by atoms with van der Waals surface area (Å²) >= 11 is 1.59. The fourth-order valence-electron chi connectivity index (χ4n) is 1.64. The smallest absolute Gasteiger partial charge is 0.131 e. The molecule has 0 fully saturated rings. The third-order valence-electron chi connectivity index (χ3n) is 2.83. The standard InChI is InChI=1S/C14H18N2OS/c1-11(15-2)7-12-3-5-14(6-4-12)17-8-13-9-18-10-16-13/h3-6,9-11,15H,7-8H2,1-2H3. The lowest BCUT2D eigenvalue weighted by molar-refractivity contribution is 0.302. The van der Waals surface area contributed by atoms with Crippen molar-refractivity contribution in [1.29, 1.82) is 0 Å². The van der Waals surface area contributed by atoms with Gasteiger partial charge in [-0.25, -0.2) is 4.98 Å². The third kappa shape index (κ3) is 3.82. The van der Waals surface area contributed by atoms with Crippen LogP contribution < -0.4 is 10.1 Å². The van der Waals surface area contributed by atoms with Crippen molar-refractivity contribution in [2.75, 3.05) is 7.05 Å².